The lowest BCUT2D eigenvalue weighted by molar-refractivity contribution is 0.459. The van der Waals surface area contributed by atoms with Crippen LogP contribution in [0.2, 0.25) is 0 Å². The van der Waals surface area contributed by atoms with E-state index in [0.717, 1.165) is 5.56 Å². The van der Waals surface area contributed by atoms with Crippen LogP contribution in [0.15, 0.2) is 45.9 Å². The van der Waals surface area contributed by atoms with E-state index in [2.05, 4.69) is 4.72 Å². The fraction of sp³-hybridized carbons (Fsp3) is 0.286. The van der Waals surface area contributed by atoms with Gasteiger partial charge >= 0.3 is 0 Å². The van der Waals surface area contributed by atoms with Crippen LogP contribution < -0.4 is 10.5 Å². The van der Waals surface area contributed by atoms with Gasteiger partial charge in [0.25, 0.3) is 0 Å². The SMILES string of the molecule is Cc1cc(CN)ccc1S(=O)(=O)NC(C)c1ccco1. The van der Waals surface area contributed by atoms with Crippen LogP contribution in [0.1, 0.15) is 29.9 Å². The molecule has 2 aromatic rings. The van der Waals surface area contributed by atoms with Crippen LogP contribution in [-0.2, 0) is 16.6 Å². The normalized spacial score (nSPS) is 13.3. The molecule has 20 heavy (non-hydrogen) atoms. The summed E-state index contributed by atoms with van der Waals surface area (Å²) in [7, 11) is -3.59. The molecule has 1 aromatic carbocycles. The van der Waals surface area contributed by atoms with E-state index in [0.29, 0.717) is 17.9 Å². The maximum absolute atomic E-state index is 12.4. The third kappa shape index (κ3) is 3.09. The van der Waals surface area contributed by atoms with Crippen molar-refractivity contribution in [2.45, 2.75) is 31.3 Å². The molecule has 108 valence electrons. The van der Waals surface area contributed by atoms with Gasteiger partial charge in [0.15, 0.2) is 0 Å². The molecule has 5 nitrogen and oxygen atoms in total. The first-order valence-corrected chi connectivity index (χ1v) is 7.77. The third-order valence-electron chi connectivity index (χ3n) is 3.07. The molecule has 3 N–H and O–H groups in total. The molecule has 0 spiro atoms. The molecule has 0 saturated carbocycles. The number of furan rings is 1. The lowest BCUT2D eigenvalue weighted by atomic mass is 10.1. The molecule has 0 saturated heterocycles. The number of hydrogen-bond donors (Lipinski definition) is 2. The summed E-state index contributed by atoms with van der Waals surface area (Å²) in [5, 5.41) is 0. The van der Waals surface area contributed by atoms with Gasteiger partial charge in [0.1, 0.15) is 5.76 Å². The van der Waals surface area contributed by atoms with Gasteiger partial charge in [-0.25, -0.2) is 13.1 Å². The van der Waals surface area contributed by atoms with Crippen molar-refractivity contribution in [3.05, 3.63) is 53.5 Å². The molecule has 0 aliphatic rings. The molecule has 2 rings (SSSR count). The predicted molar refractivity (Wildman–Crippen MR) is 76.5 cm³/mol. The summed E-state index contributed by atoms with van der Waals surface area (Å²) in [5.74, 6) is 0.574. The second-order valence-electron chi connectivity index (χ2n) is 4.66. The van der Waals surface area contributed by atoms with Crippen LogP contribution in [0.5, 0.6) is 0 Å². The number of nitrogens with one attached hydrogen (secondary N) is 1. The van der Waals surface area contributed by atoms with Crippen molar-refractivity contribution in [3.8, 4) is 0 Å². The van der Waals surface area contributed by atoms with Crippen molar-refractivity contribution < 1.29 is 12.8 Å². The maximum atomic E-state index is 12.4. The highest BCUT2D eigenvalue weighted by Gasteiger charge is 2.21. The Bertz CT molecular complexity index is 678. The minimum atomic E-state index is -3.59. The van der Waals surface area contributed by atoms with Crippen molar-refractivity contribution in [2.75, 3.05) is 0 Å². The van der Waals surface area contributed by atoms with Crippen LogP contribution in [-0.4, -0.2) is 8.42 Å². The summed E-state index contributed by atoms with van der Waals surface area (Å²) in [5.41, 5.74) is 7.12. The largest absolute Gasteiger partial charge is 0.468 e. The van der Waals surface area contributed by atoms with Crippen molar-refractivity contribution >= 4 is 10.0 Å². The minimum absolute atomic E-state index is 0.258. The number of nitrogens with two attached hydrogens (primary N) is 1. The van der Waals surface area contributed by atoms with E-state index in [1.54, 1.807) is 44.2 Å². The number of sulfonamides is 1. The summed E-state index contributed by atoms with van der Waals surface area (Å²) < 4.78 is 32.5. The Balaban J connectivity index is 2.27. The van der Waals surface area contributed by atoms with Gasteiger partial charge < -0.3 is 10.2 Å². The molecule has 6 heteroatoms. The zero-order valence-corrected chi connectivity index (χ0v) is 12.3. The van der Waals surface area contributed by atoms with Gasteiger partial charge in [-0.05, 0) is 43.2 Å². The Labute approximate surface area is 118 Å². The highest BCUT2D eigenvalue weighted by Crippen LogP contribution is 2.20. The Morgan fingerprint density at radius 3 is 2.65 bits per heavy atom. The lowest BCUT2D eigenvalue weighted by Crippen LogP contribution is -2.27. The zero-order chi connectivity index (χ0) is 14.8. The lowest BCUT2D eigenvalue weighted by Gasteiger charge is -2.14. The van der Waals surface area contributed by atoms with Crippen LogP contribution in [0.25, 0.3) is 0 Å². The molecular weight excluding hydrogens is 276 g/mol. The third-order valence-corrected chi connectivity index (χ3v) is 4.77. The topological polar surface area (TPSA) is 85.3 Å². The van der Waals surface area contributed by atoms with E-state index in [1.165, 1.54) is 6.26 Å². The molecule has 1 atom stereocenters. The van der Waals surface area contributed by atoms with E-state index < -0.39 is 16.1 Å². The first-order chi connectivity index (χ1) is 9.44. The smallest absolute Gasteiger partial charge is 0.241 e. The maximum Gasteiger partial charge on any atom is 0.241 e. The first kappa shape index (κ1) is 14.8. The summed E-state index contributed by atoms with van der Waals surface area (Å²) in [6.07, 6.45) is 1.52. The quantitative estimate of drug-likeness (QED) is 0.884. The van der Waals surface area contributed by atoms with Crippen LogP contribution >= 0.6 is 0 Å². The molecule has 1 heterocycles. The summed E-state index contributed by atoms with van der Waals surface area (Å²) >= 11 is 0. The molecule has 0 amide bonds. The van der Waals surface area contributed by atoms with Gasteiger partial charge in [0.2, 0.25) is 10.0 Å². The Morgan fingerprint density at radius 2 is 2.10 bits per heavy atom. The average Bonchev–Trinajstić information content (AvgIpc) is 2.91. The fourth-order valence-corrected chi connectivity index (χ4v) is 3.47. The number of aryl methyl sites for hydroxylation is 1. The van der Waals surface area contributed by atoms with Crippen molar-refractivity contribution in [1.29, 1.82) is 0 Å². The van der Waals surface area contributed by atoms with Gasteiger partial charge in [0.05, 0.1) is 17.2 Å². The van der Waals surface area contributed by atoms with Crippen molar-refractivity contribution in [2.24, 2.45) is 5.73 Å². The molecule has 0 radical (unpaired) electrons. The molecule has 0 bridgehead atoms. The van der Waals surface area contributed by atoms with Crippen LogP contribution in [0.3, 0.4) is 0 Å². The number of benzene rings is 1. The highest BCUT2D eigenvalue weighted by atomic mass is 32.2. The average molecular weight is 294 g/mol. The molecule has 1 unspecified atom stereocenters. The van der Waals surface area contributed by atoms with Gasteiger partial charge in [-0.2, -0.15) is 0 Å². The van der Waals surface area contributed by atoms with Crippen molar-refractivity contribution in [1.82, 2.24) is 4.72 Å². The van der Waals surface area contributed by atoms with Crippen molar-refractivity contribution in [3.63, 3.8) is 0 Å². The Kier molecular flexibility index (Phi) is 4.27. The highest BCUT2D eigenvalue weighted by molar-refractivity contribution is 7.89. The zero-order valence-electron chi connectivity index (χ0n) is 11.5. The van der Waals surface area contributed by atoms with Gasteiger partial charge in [-0.3, -0.25) is 0 Å². The molecule has 0 fully saturated rings. The van der Waals surface area contributed by atoms with Gasteiger partial charge in [-0.15, -0.1) is 0 Å². The van der Waals surface area contributed by atoms with Crippen LogP contribution in [0, 0.1) is 6.92 Å². The van der Waals surface area contributed by atoms with E-state index in [1.807, 2.05) is 0 Å². The second-order valence-corrected chi connectivity index (χ2v) is 6.34. The van der Waals surface area contributed by atoms with E-state index >= 15 is 0 Å². The second kappa shape index (κ2) is 5.78. The van der Waals surface area contributed by atoms with Gasteiger partial charge in [0, 0.05) is 6.54 Å². The van der Waals surface area contributed by atoms with Gasteiger partial charge in [-0.1, -0.05) is 12.1 Å². The van der Waals surface area contributed by atoms with E-state index in [4.69, 9.17) is 10.2 Å². The summed E-state index contributed by atoms with van der Waals surface area (Å²) in [6, 6.07) is 8.11. The summed E-state index contributed by atoms with van der Waals surface area (Å²) in [4.78, 5) is 0.258. The molecule has 0 aliphatic heterocycles. The fourth-order valence-electron chi connectivity index (χ4n) is 2.03. The number of hydrogen-bond acceptors (Lipinski definition) is 4. The Morgan fingerprint density at radius 1 is 1.35 bits per heavy atom. The Hall–Kier alpha value is -1.63. The first-order valence-electron chi connectivity index (χ1n) is 6.29. The summed E-state index contributed by atoms with van der Waals surface area (Å²) in [6.45, 7) is 3.88. The minimum Gasteiger partial charge on any atom is -0.468 e. The predicted octanol–water partition coefficient (Wildman–Crippen LogP) is 2.09. The molecule has 0 aliphatic carbocycles. The molecular formula is C14H18N2O3S. The van der Waals surface area contributed by atoms with Crippen LogP contribution in [0.4, 0.5) is 0 Å². The monoisotopic (exact) mass is 294 g/mol. The molecule has 1 aromatic heterocycles. The standard InChI is InChI=1S/C14H18N2O3S/c1-10-8-12(9-15)5-6-14(10)20(17,18)16-11(2)13-4-3-7-19-13/h3-8,11,16H,9,15H2,1-2H3. The number of rotatable bonds is 5. The van der Waals surface area contributed by atoms with E-state index in [9.17, 15) is 8.42 Å². The van der Waals surface area contributed by atoms with E-state index in [-0.39, 0.29) is 4.90 Å².